The van der Waals surface area contributed by atoms with Crippen LogP contribution in [-0.2, 0) is 0 Å². The van der Waals surface area contributed by atoms with Crippen LogP contribution in [-0.4, -0.2) is 26.0 Å². The van der Waals surface area contributed by atoms with Crippen LogP contribution in [0, 0.1) is 6.92 Å². The molecule has 0 unspecified atom stereocenters. The molecule has 0 bridgehead atoms. The van der Waals surface area contributed by atoms with Crippen LogP contribution < -0.4 is 5.32 Å². The fourth-order valence-corrected chi connectivity index (χ4v) is 1.30. The monoisotopic (exact) mass is 230 g/mol. The van der Waals surface area contributed by atoms with Crippen LogP contribution in [0.5, 0.6) is 0 Å². The Hall–Kier alpha value is -2.50. The average molecular weight is 230 g/mol. The van der Waals surface area contributed by atoms with Gasteiger partial charge in [0.05, 0.1) is 11.9 Å². The first kappa shape index (κ1) is 11.0. The Morgan fingerprint density at radius 2 is 2.24 bits per heavy atom. The van der Waals surface area contributed by atoms with Gasteiger partial charge in [0.1, 0.15) is 17.2 Å². The van der Waals surface area contributed by atoms with Gasteiger partial charge in [0.25, 0.3) is 0 Å². The maximum absolute atomic E-state index is 11.0. The van der Waals surface area contributed by atoms with Crippen molar-refractivity contribution in [3.63, 3.8) is 0 Å². The van der Waals surface area contributed by atoms with E-state index in [1.165, 1.54) is 6.20 Å². The van der Waals surface area contributed by atoms with E-state index in [1.807, 2.05) is 0 Å². The van der Waals surface area contributed by atoms with E-state index in [1.54, 1.807) is 31.5 Å². The van der Waals surface area contributed by atoms with E-state index >= 15 is 0 Å². The molecule has 6 heteroatoms. The average Bonchev–Trinajstić information content (AvgIpc) is 2.30. The van der Waals surface area contributed by atoms with Crippen molar-refractivity contribution in [2.24, 2.45) is 0 Å². The third-order valence-electron chi connectivity index (χ3n) is 2.06. The SMILES string of the molecule is Cc1ncc(C(=O)O)c(Nc2cccnc2)n1. The minimum Gasteiger partial charge on any atom is -0.477 e. The van der Waals surface area contributed by atoms with Crippen molar-refractivity contribution in [1.82, 2.24) is 15.0 Å². The van der Waals surface area contributed by atoms with Crippen molar-refractivity contribution < 1.29 is 9.90 Å². The molecule has 0 amide bonds. The second-order valence-corrected chi connectivity index (χ2v) is 3.35. The molecule has 0 saturated heterocycles. The summed E-state index contributed by atoms with van der Waals surface area (Å²) in [6, 6.07) is 3.52. The third-order valence-corrected chi connectivity index (χ3v) is 2.06. The zero-order valence-electron chi connectivity index (χ0n) is 9.08. The van der Waals surface area contributed by atoms with Crippen molar-refractivity contribution in [3.8, 4) is 0 Å². The Morgan fingerprint density at radius 3 is 2.88 bits per heavy atom. The summed E-state index contributed by atoms with van der Waals surface area (Å²) in [5, 5.41) is 11.9. The van der Waals surface area contributed by atoms with E-state index in [0.717, 1.165) is 0 Å². The van der Waals surface area contributed by atoms with Crippen LogP contribution >= 0.6 is 0 Å². The largest absolute Gasteiger partial charge is 0.477 e. The van der Waals surface area contributed by atoms with Gasteiger partial charge in [-0.05, 0) is 19.1 Å². The Kier molecular flexibility index (Phi) is 2.95. The smallest absolute Gasteiger partial charge is 0.341 e. The first-order valence-corrected chi connectivity index (χ1v) is 4.91. The van der Waals surface area contributed by atoms with Crippen LogP contribution in [0.25, 0.3) is 0 Å². The molecule has 0 fully saturated rings. The molecule has 2 N–H and O–H groups in total. The highest BCUT2D eigenvalue weighted by Crippen LogP contribution is 2.17. The van der Waals surface area contributed by atoms with Crippen molar-refractivity contribution in [3.05, 3.63) is 42.1 Å². The minimum absolute atomic E-state index is 0.0273. The lowest BCUT2D eigenvalue weighted by molar-refractivity contribution is 0.0697. The van der Waals surface area contributed by atoms with E-state index in [9.17, 15) is 4.79 Å². The molecule has 86 valence electrons. The fraction of sp³-hybridized carbons (Fsp3) is 0.0909. The lowest BCUT2D eigenvalue weighted by Gasteiger charge is -2.08. The summed E-state index contributed by atoms with van der Waals surface area (Å²) in [7, 11) is 0. The molecular formula is C11H10N4O2. The number of carbonyl (C=O) groups is 1. The van der Waals surface area contributed by atoms with Gasteiger partial charge in [0, 0.05) is 12.4 Å². The second-order valence-electron chi connectivity index (χ2n) is 3.35. The number of aromatic carboxylic acids is 1. The Balaban J connectivity index is 2.37. The summed E-state index contributed by atoms with van der Waals surface area (Å²) in [6.07, 6.45) is 4.50. The zero-order valence-corrected chi connectivity index (χ0v) is 9.08. The quantitative estimate of drug-likeness (QED) is 0.833. The highest BCUT2D eigenvalue weighted by Gasteiger charge is 2.12. The van der Waals surface area contributed by atoms with E-state index in [-0.39, 0.29) is 11.4 Å². The molecule has 0 saturated carbocycles. The number of nitrogens with one attached hydrogen (secondary N) is 1. The summed E-state index contributed by atoms with van der Waals surface area (Å²) in [4.78, 5) is 22.8. The molecule has 2 heterocycles. The van der Waals surface area contributed by atoms with Crippen molar-refractivity contribution in [2.45, 2.75) is 6.92 Å². The number of carboxylic acid groups (broad SMARTS) is 1. The van der Waals surface area contributed by atoms with Crippen LogP contribution in [0.3, 0.4) is 0 Å². The lowest BCUT2D eigenvalue weighted by Crippen LogP contribution is -2.07. The molecule has 0 aromatic carbocycles. The number of hydrogen-bond donors (Lipinski definition) is 2. The first-order valence-electron chi connectivity index (χ1n) is 4.91. The van der Waals surface area contributed by atoms with Crippen LogP contribution in [0.2, 0.25) is 0 Å². The van der Waals surface area contributed by atoms with E-state index < -0.39 is 5.97 Å². The van der Waals surface area contributed by atoms with Gasteiger partial charge in [-0.15, -0.1) is 0 Å². The summed E-state index contributed by atoms with van der Waals surface area (Å²) in [6.45, 7) is 1.69. The van der Waals surface area contributed by atoms with Crippen LogP contribution in [0.4, 0.5) is 11.5 Å². The molecule has 0 radical (unpaired) electrons. The number of aryl methyl sites for hydroxylation is 1. The maximum atomic E-state index is 11.0. The van der Waals surface area contributed by atoms with Crippen molar-refractivity contribution in [1.29, 1.82) is 0 Å². The van der Waals surface area contributed by atoms with Crippen LogP contribution in [0.1, 0.15) is 16.2 Å². The Bertz CT molecular complexity index is 542. The summed E-state index contributed by atoms with van der Waals surface area (Å²) in [5.41, 5.74) is 0.701. The number of anilines is 2. The third kappa shape index (κ3) is 2.54. The van der Waals surface area contributed by atoms with Gasteiger partial charge in [-0.3, -0.25) is 4.98 Å². The lowest BCUT2D eigenvalue weighted by atomic mass is 10.3. The highest BCUT2D eigenvalue weighted by molar-refractivity contribution is 5.93. The predicted octanol–water partition coefficient (Wildman–Crippen LogP) is 1.62. The summed E-state index contributed by atoms with van der Waals surface area (Å²) in [5.74, 6) is -0.309. The topological polar surface area (TPSA) is 88.0 Å². The van der Waals surface area contributed by atoms with E-state index in [2.05, 4.69) is 20.3 Å². The molecule has 0 aliphatic rings. The van der Waals surface area contributed by atoms with E-state index in [4.69, 9.17) is 5.11 Å². The number of hydrogen-bond acceptors (Lipinski definition) is 5. The van der Waals surface area contributed by atoms with Crippen LogP contribution in [0.15, 0.2) is 30.7 Å². The molecular weight excluding hydrogens is 220 g/mol. The van der Waals surface area contributed by atoms with Crippen molar-refractivity contribution in [2.75, 3.05) is 5.32 Å². The number of pyridine rings is 1. The number of carboxylic acids is 1. The molecule has 2 rings (SSSR count). The molecule has 2 aromatic rings. The maximum Gasteiger partial charge on any atom is 0.341 e. The van der Waals surface area contributed by atoms with Gasteiger partial charge in [-0.1, -0.05) is 0 Å². The molecule has 6 nitrogen and oxygen atoms in total. The molecule has 0 atom stereocenters. The number of nitrogens with zero attached hydrogens (tertiary/aromatic N) is 3. The van der Waals surface area contributed by atoms with Gasteiger partial charge in [-0.2, -0.15) is 0 Å². The number of aromatic nitrogens is 3. The van der Waals surface area contributed by atoms with Gasteiger partial charge >= 0.3 is 5.97 Å². The molecule has 0 aliphatic heterocycles. The Labute approximate surface area is 97.4 Å². The molecule has 0 aliphatic carbocycles. The van der Waals surface area contributed by atoms with Gasteiger partial charge < -0.3 is 10.4 Å². The molecule has 2 aromatic heterocycles. The molecule has 0 spiro atoms. The van der Waals surface area contributed by atoms with Gasteiger partial charge in [-0.25, -0.2) is 14.8 Å². The van der Waals surface area contributed by atoms with Gasteiger partial charge in [0.15, 0.2) is 0 Å². The summed E-state index contributed by atoms with van der Waals surface area (Å²) >= 11 is 0. The van der Waals surface area contributed by atoms with Crippen molar-refractivity contribution >= 4 is 17.5 Å². The highest BCUT2D eigenvalue weighted by atomic mass is 16.4. The minimum atomic E-state index is -1.07. The normalized spacial score (nSPS) is 9.94. The standard InChI is InChI=1S/C11H10N4O2/c1-7-13-6-9(11(16)17)10(14-7)15-8-3-2-4-12-5-8/h2-6H,1H3,(H,16,17)(H,13,14,15). The first-order chi connectivity index (χ1) is 8.16. The Morgan fingerprint density at radius 1 is 1.41 bits per heavy atom. The predicted molar refractivity (Wildman–Crippen MR) is 61.2 cm³/mol. The van der Waals surface area contributed by atoms with Gasteiger partial charge in [0.2, 0.25) is 0 Å². The second kappa shape index (κ2) is 4.56. The zero-order chi connectivity index (χ0) is 12.3. The number of rotatable bonds is 3. The molecule has 17 heavy (non-hydrogen) atoms. The fourth-order valence-electron chi connectivity index (χ4n) is 1.30. The van der Waals surface area contributed by atoms with E-state index in [0.29, 0.717) is 11.5 Å². The summed E-state index contributed by atoms with van der Waals surface area (Å²) < 4.78 is 0.